The molecule has 2 heterocycles. The highest BCUT2D eigenvalue weighted by Gasteiger charge is 2.16. The van der Waals surface area contributed by atoms with Crippen molar-refractivity contribution in [3.8, 4) is 0 Å². The van der Waals surface area contributed by atoms with Crippen LogP contribution < -0.4 is 16.2 Å². The van der Waals surface area contributed by atoms with Crippen LogP contribution in [0.15, 0.2) is 23.1 Å². The summed E-state index contributed by atoms with van der Waals surface area (Å²) in [6.07, 6.45) is 5.31. The van der Waals surface area contributed by atoms with Crippen molar-refractivity contribution in [2.75, 3.05) is 18.0 Å². The quantitative estimate of drug-likeness (QED) is 0.901. The molecule has 1 aliphatic heterocycles. The van der Waals surface area contributed by atoms with Crippen LogP contribution in [0.25, 0.3) is 0 Å². The molecule has 1 atom stereocenters. The van der Waals surface area contributed by atoms with Crippen LogP contribution in [0, 0.1) is 5.92 Å². The highest BCUT2D eigenvalue weighted by molar-refractivity contribution is 5.44. The number of nitrogens with zero attached hydrogens (tertiary/aromatic N) is 2. The Bertz CT molecular complexity index is 461. The zero-order chi connectivity index (χ0) is 13.8. The lowest BCUT2D eigenvalue weighted by atomic mass is 9.99. The number of rotatable bonds is 4. The van der Waals surface area contributed by atoms with Gasteiger partial charge in [0.15, 0.2) is 0 Å². The Kier molecular flexibility index (Phi) is 4.64. The van der Waals surface area contributed by atoms with Crippen molar-refractivity contribution < 1.29 is 0 Å². The van der Waals surface area contributed by atoms with Gasteiger partial charge in [0.2, 0.25) is 0 Å². The van der Waals surface area contributed by atoms with E-state index in [9.17, 15) is 4.79 Å². The molecule has 19 heavy (non-hydrogen) atoms. The van der Waals surface area contributed by atoms with Gasteiger partial charge in [0.1, 0.15) is 0 Å². The van der Waals surface area contributed by atoms with Crippen LogP contribution in [0.2, 0.25) is 0 Å². The first kappa shape index (κ1) is 14.1. The number of pyridine rings is 1. The maximum Gasteiger partial charge on any atom is 0.250 e. The fraction of sp³-hybridized carbons (Fsp3) is 0.667. The molecule has 0 aliphatic carbocycles. The number of anilines is 1. The van der Waals surface area contributed by atoms with E-state index in [-0.39, 0.29) is 11.6 Å². The topological polar surface area (TPSA) is 51.3 Å². The maximum atomic E-state index is 11.8. The van der Waals surface area contributed by atoms with Crippen molar-refractivity contribution in [1.82, 2.24) is 4.57 Å². The van der Waals surface area contributed by atoms with Crippen LogP contribution in [-0.2, 0) is 6.54 Å². The van der Waals surface area contributed by atoms with Crippen LogP contribution >= 0.6 is 0 Å². The number of hydrogen-bond donors (Lipinski definition) is 1. The molecule has 0 saturated carbocycles. The molecule has 1 aromatic rings. The molecule has 4 nitrogen and oxygen atoms in total. The number of piperidine rings is 1. The molecule has 1 saturated heterocycles. The number of aromatic nitrogens is 1. The monoisotopic (exact) mass is 263 g/mol. The summed E-state index contributed by atoms with van der Waals surface area (Å²) in [7, 11) is 0. The molecule has 2 rings (SSSR count). The minimum Gasteiger partial charge on any atom is -0.370 e. The second-order valence-electron chi connectivity index (χ2n) is 5.72. The molecule has 2 N–H and O–H groups in total. The van der Waals surface area contributed by atoms with E-state index in [4.69, 9.17) is 5.73 Å². The summed E-state index contributed by atoms with van der Waals surface area (Å²) in [5, 5.41) is 0. The van der Waals surface area contributed by atoms with Gasteiger partial charge < -0.3 is 15.2 Å². The average molecular weight is 263 g/mol. The van der Waals surface area contributed by atoms with Gasteiger partial charge in [-0.1, -0.05) is 13.8 Å². The largest absolute Gasteiger partial charge is 0.370 e. The zero-order valence-corrected chi connectivity index (χ0v) is 12.0. The van der Waals surface area contributed by atoms with E-state index in [0.29, 0.717) is 6.54 Å². The standard InChI is InChI=1S/C15H25N3O/c1-3-13(16)10-18-11-14(4-5-15(18)19)17-8-6-12(2)7-9-17/h4-5,11-13H,3,6-10,16H2,1-2H3. The molecular weight excluding hydrogens is 238 g/mol. The van der Waals surface area contributed by atoms with Gasteiger partial charge in [0.25, 0.3) is 5.56 Å². The Morgan fingerprint density at radius 3 is 2.68 bits per heavy atom. The second-order valence-corrected chi connectivity index (χ2v) is 5.72. The van der Waals surface area contributed by atoms with Gasteiger partial charge in [-0.2, -0.15) is 0 Å². The Hall–Kier alpha value is -1.29. The molecule has 1 aromatic heterocycles. The third kappa shape index (κ3) is 3.60. The molecule has 0 amide bonds. The SMILES string of the molecule is CCC(N)Cn1cc(N2CCC(C)CC2)ccc1=O. The molecule has 1 unspecified atom stereocenters. The lowest BCUT2D eigenvalue weighted by Gasteiger charge is -2.32. The highest BCUT2D eigenvalue weighted by atomic mass is 16.1. The Balaban J connectivity index is 2.14. The highest BCUT2D eigenvalue weighted by Crippen LogP contribution is 2.21. The fourth-order valence-corrected chi connectivity index (χ4v) is 2.50. The van der Waals surface area contributed by atoms with Crippen molar-refractivity contribution in [2.24, 2.45) is 11.7 Å². The number of hydrogen-bond acceptors (Lipinski definition) is 3. The summed E-state index contributed by atoms with van der Waals surface area (Å²) < 4.78 is 1.75. The van der Waals surface area contributed by atoms with Gasteiger partial charge in [-0.3, -0.25) is 4.79 Å². The predicted molar refractivity (Wildman–Crippen MR) is 79.6 cm³/mol. The molecule has 1 fully saturated rings. The third-order valence-corrected chi connectivity index (χ3v) is 4.07. The van der Waals surface area contributed by atoms with E-state index in [0.717, 1.165) is 31.1 Å². The van der Waals surface area contributed by atoms with Crippen LogP contribution in [0.5, 0.6) is 0 Å². The molecular formula is C15H25N3O. The van der Waals surface area contributed by atoms with E-state index < -0.39 is 0 Å². The lowest BCUT2D eigenvalue weighted by Crippen LogP contribution is -2.35. The maximum absolute atomic E-state index is 11.8. The van der Waals surface area contributed by atoms with Crippen LogP contribution in [0.3, 0.4) is 0 Å². The van der Waals surface area contributed by atoms with Crippen molar-refractivity contribution in [3.05, 3.63) is 28.7 Å². The van der Waals surface area contributed by atoms with Gasteiger partial charge in [0.05, 0.1) is 5.69 Å². The van der Waals surface area contributed by atoms with E-state index in [2.05, 4.69) is 11.8 Å². The molecule has 106 valence electrons. The van der Waals surface area contributed by atoms with Crippen molar-refractivity contribution in [2.45, 2.75) is 45.7 Å². The summed E-state index contributed by atoms with van der Waals surface area (Å²) in [5.74, 6) is 0.815. The molecule has 0 radical (unpaired) electrons. The van der Waals surface area contributed by atoms with E-state index in [1.54, 1.807) is 10.6 Å². The Labute approximate surface area is 115 Å². The normalized spacial score (nSPS) is 18.6. The van der Waals surface area contributed by atoms with Crippen LogP contribution in [0.4, 0.5) is 5.69 Å². The first-order valence-corrected chi connectivity index (χ1v) is 7.31. The Morgan fingerprint density at radius 2 is 2.05 bits per heavy atom. The van der Waals surface area contributed by atoms with Gasteiger partial charge in [-0.25, -0.2) is 0 Å². The third-order valence-electron chi connectivity index (χ3n) is 4.07. The number of nitrogens with two attached hydrogens (primary N) is 1. The molecule has 0 aromatic carbocycles. The fourth-order valence-electron chi connectivity index (χ4n) is 2.50. The van der Waals surface area contributed by atoms with E-state index >= 15 is 0 Å². The first-order valence-electron chi connectivity index (χ1n) is 7.31. The van der Waals surface area contributed by atoms with Gasteiger partial charge in [0, 0.05) is 37.9 Å². The minimum absolute atomic E-state index is 0.0398. The molecule has 0 spiro atoms. The van der Waals surface area contributed by atoms with Crippen LogP contribution in [-0.4, -0.2) is 23.7 Å². The molecule has 4 heteroatoms. The predicted octanol–water partition coefficient (Wildman–Crippen LogP) is 1.82. The summed E-state index contributed by atoms with van der Waals surface area (Å²) in [6.45, 7) is 7.12. The summed E-state index contributed by atoms with van der Waals surface area (Å²) in [5.41, 5.74) is 7.14. The van der Waals surface area contributed by atoms with Gasteiger partial charge >= 0.3 is 0 Å². The Morgan fingerprint density at radius 1 is 1.37 bits per heavy atom. The average Bonchev–Trinajstić information content (AvgIpc) is 2.42. The first-order chi connectivity index (χ1) is 9.10. The van der Waals surface area contributed by atoms with Crippen molar-refractivity contribution in [3.63, 3.8) is 0 Å². The summed E-state index contributed by atoms with van der Waals surface area (Å²) in [6, 6.07) is 3.65. The van der Waals surface area contributed by atoms with Crippen molar-refractivity contribution in [1.29, 1.82) is 0 Å². The zero-order valence-electron chi connectivity index (χ0n) is 12.0. The van der Waals surface area contributed by atoms with Crippen molar-refractivity contribution >= 4 is 5.69 Å². The summed E-state index contributed by atoms with van der Waals surface area (Å²) in [4.78, 5) is 14.2. The van der Waals surface area contributed by atoms with Gasteiger partial charge in [-0.15, -0.1) is 0 Å². The van der Waals surface area contributed by atoms with Crippen LogP contribution in [0.1, 0.15) is 33.1 Å². The molecule has 1 aliphatic rings. The lowest BCUT2D eigenvalue weighted by molar-refractivity contribution is 0.437. The van der Waals surface area contributed by atoms with E-state index in [1.807, 2.05) is 19.2 Å². The molecule has 0 bridgehead atoms. The smallest absolute Gasteiger partial charge is 0.250 e. The summed E-state index contributed by atoms with van der Waals surface area (Å²) >= 11 is 0. The second kappa shape index (κ2) is 6.24. The van der Waals surface area contributed by atoms with Gasteiger partial charge in [-0.05, 0) is 31.2 Å². The minimum atomic E-state index is 0.0398. The van der Waals surface area contributed by atoms with E-state index in [1.165, 1.54) is 12.8 Å².